The zero-order valence-corrected chi connectivity index (χ0v) is 10.1. The fraction of sp³-hybridized carbons (Fsp3) is 0.500. The molecule has 0 saturated carbocycles. The quantitative estimate of drug-likeness (QED) is 0.743. The summed E-state index contributed by atoms with van der Waals surface area (Å²) >= 11 is 0. The number of rotatable bonds is 5. The summed E-state index contributed by atoms with van der Waals surface area (Å²) in [6, 6.07) is 3.79. The smallest absolute Gasteiger partial charge is 0.225 e. The average molecular weight is 221 g/mol. The van der Waals surface area contributed by atoms with E-state index in [4.69, 9.17) is 0 Å². The van der Waals surface area contributed by atoms with Gasteiger partial charge < -0.3 is 10.6 Å². The Bertz CT molecular complexity index is 363. The Morgan fingerprint density at radius 2 is 2.12 bits per heavy atom. The number of hydrogen-bond donors (Lipinski definition) is 2. The summed E-state index contributed by atoms with van der Waals surface area (Å²) < 4.78 is 0. The molecule has 0 radical (unpaired) electrons. The fourth-order valence-corrected chi connectivity index (χ4v) is 1.41. The van der Waals surface area contributed by atoms with Crippen LogP contribution in [-0.2, 0) is 4.79 Å². The van der Waals surface area contributed by atoms with Crippen LogP contribution >= 0.6 is 0 Å². The zero-order chi connectivity index (χ0) is 12.0. The minimum absolute atomic E-state index is 0.0229. The first kappa shape index (κ1) is 12.6. The summed E-state index contributed by atoms with van der Waals surface area (Å²) in [5.41, 5.74) is 2.62. The molecule has 0 bridgehead atoms. The molecule has 1 rings (SSSR count). The van der Waals surface area contributed by atoms with Gasteiger partial charge in [-0.1, -0.05) is 6.92 Å². The molecule has 0 aliphatic heterocycles. The van der Waals surface area contributed by atoms with Crippen LogP contribution in [0.1, 0.15) is 24.7 Å². The van der Waals surface area contributed by atoms with Crippen LogP contribution < -0.4 is 10.6 Å². The highest BCUT2D eigenvalue weighted by Gasteiger charge is 2.04. The molecule has 0 aliphatic carbocycles. The molecule has 1 aromatic heterocycles. The van der Waals surface area contributed by atoms with Gasteiger partial charge in [-0.25, -0.2) is 0 Å². The molecule has 88 valence electrons. The van der Waals surface area contributed by atoms with Crippen molar-refractivity contribution in [1.29, 1.82) is 0 Å². The van der Waals surface area contributed by atoms with Gasteiger partial charge in [0.2, 0.25) is 5.91 Å². The number of anilines is 1. The van der Waals surface area contributed by atoms with Crippen molar-refractivity contribution in [2.45, 2.75) is 27.2 Å². The van der Waals surface area contributed by atoms with E-state index in [0.717, 1.165) is 23.6 Å². The molecule has 16 heavy (non-hydrogen) atoms. The second-order valence-corrected chi connectivity index (χ2v) is 3.74. The first-order valence-corrected chi connectivity index (χ1v) is 5.58. The minimum atomic E-state index is 0.0229. The molecular weight excluding hydrogens is 202 g/mol. The molecule has 0 spiro atoms. The van der Waals surface area contributed by atoms with E-state index in [9.17, 15) is 4.79 Å². The maximum Gasteiger partial charge on any atom is 0.225 e. The molecule has 0 saturated heterocycles. The van der Waals surface area contributed by atoms with E-state index in [0.29, 0.717) is 13.0 Å². The number of pyridine rings is 1. The normalized spacial score (nSPS) is 10.2. The van der Waals surface area contributed by atoms with E-state index in [2.05, 4.69) is 15.6 Å². The van der Waals surface area contributed by atoms with Crippen molar-refractivity contribution in [2.75, 3.05) is 18.4 Å². The van der Waals surface area contributed by atoms with E-state index >= 15 is 0 Å². The number of nitrogens with one attached hydrogen (secondary N) is 2. The molecule has 0 unspecified atom stereocenters. The van der Waals surface area contributed by atoms with Crippen LogP contribution in [0.2, 0.25) is 0 Å². The van der Waals surface area contributed by atoms with Crippen LogP contribution in [-0.4, -0.2) is 24.0 Å². The molecule has 4 nitrogen and oxygen atoms in total. The van der Waals surface area contributed by atoms with E-state index in [1.165, 1.54) is 0 Å². The lowest BCUT2D eigenvalue weighted by molar-refractivity contribution is -0.116. The molecule has 0 aliphatic rings. The van der Waals surface area contributed by atoms with Crippen LogP contribution in [0.15, 0.2) is 12.1 Å². The van der Waals surface area contributed by atoms with Gasteiger partial charge in [0.1, 0.15) is 0 Å². The largest absolute Gasteiger partial charge is 0.324 e. The van der Waals surface area contributed by atoms with E-state index < -0.39 is 0 Å². The third kappa shape index (κ3) is 3.98. The van der Waals surface area contributed by atoms with Crippen molar-refractivity contribution < 1.29 is 4.79 Å². The predicted molar refractivity (Wildman–Crippen MR) is 65.5 cm³/mol. The molecule has 0 aromatic carbocycles. The number of carbonyl (C=O) groups is 1. The Morgan fingerprint density at radius 3 is 2.75 bits per heavy atom. The summed E-state index contributed by atoms with van der Waals surface area (Å²) in [5, 5.41) is 5.97. The summed E-state index contributed by atoms with van der Waals surface area (Å²) in [5.74, 6) is 0.0229. The van der Waals surface area contributed by atoms with Gasteiger partial charge in [0, 0.05) is 18.7 Å². The van der Waals surface area contributed by atoms with Crippen LogP contribution in [0.25, 0.3) is 0 Å². The zero-order valence-electron chi connectivity index (χ0n) is 10.1. The Morgan fingerprint density at radius 1 is 1.38 bits per heavy atom. The highest BCUT2D eigenvalue weighted by Crippen LogP contribution is 2.12. The molecule has 4 heteroatoms. The Balaban J connectivity index is 2.49. The number of aromatic nitrogens is 1. The van der Waals surface area contributed by atoms with Gasteiger partial charge in [-0.3, -0.25) is 9.78 Å². The second kappa shape index (κ2) is 6.23. The lowest BCUT2D eigenvalue weighted by Crippen LogP contribution is -2.21. The summed E-state index contributed by atoms with van der Waals surface area (Å²) in [6.07, 6.45) is 0.487. The molecule has 1 aromatic rings. The molecular formula is C12H19N3O. The van der Waals surface area contributed by atoms with Crippen molar-refractivity contribution in [1.82, 2.24) is 10.3 Å². The number of hydrogen-bond acceptors (Lipinski definition) is 3. The topological polar surface area (TPSA) is 54.0 Å². The van der Waals surface area contributed by atoms with Crippen molar-refractivity contribution in [3.05, 3.63) is 23.5 Å². The third-order valence-electron chi connectivity index (χ3n) is 2.28. The van der Waals surface area contributed by atoms with Gasteiger partial charge in [0.05, 0.1) is 11.4 Å². The van der Waals surface area contributed by atoms with Crippen molar-refractivity contribution in [2.24, 2.45) is 0 Å². The highest BCUT2D eigenvalue weighted by atomic mass is 16.1. The highest BCUT2D eigenvalue weighted by molar-refractivity contribution is 5.91. The average Bonchev–Trinajstić information content (AvgIpc) is 2.23. The number of nitrogens with zero attached hydrogens (tertiary/aromatic N) is 1. The van der Waals surface area contributed by atoms with Gasteiger partial charge >= 0.3 is 0 Å². The van der Waals surface area contributed by atoms with Crippen LogP contribution in [0.4, 0.5) is 5.69 Å². The maximum absolute atomic E-state index is 11.5. The molecule has 2 N–H and O–H groups in total. The van der Waals surface area contributed by atoms with Gasteiger partial charge in [-0.2, -0.15) is 0 Å². The standard InChI is InChI=1S/C12H19N3O/c1-4-13-8-7-12(16)15-11-6-5-9(2)14-10(11)3/h5-6,13H,4,7-8H2,1-3H3,(H,15,16). The maximum atomic E-state index is 11.5. The van der Waals surface area contributed by atoms with Gasteiger partial charge in [-0.05, 0) is 32.5 Å². The second-order valence-electron chi connectivity index (χ2n) is 3.74. The lowest BCUT2D eigenvalue weighted by atomic mass is 10.2. The monoisotopic (exact) mass is 221 g/mol. The predicted octanol–water partition coefficient (Wildman–Crippen LogP) is 1.64. The van der Waals surface area contributed by atoms with Gasteiger partial charge in [0.25, 0.3) is 0 Å². The van der Waals surface area contributed by atoms with E-state index in [-0.39, 0.29) is 5.91 Å². The van der Waals surface area contributed by atoms with Crippen LogP contribution in [0.3, 0.4) is 0 Å². The molecule has 1 amide bonds. The SMILES string of the molecule is CCNCCC(=O)Nc1ccc(C)nc1C. The molecule has 0 atom stereocenters. The first-order valence-electron chi connectivity index (χ1n) is 5.58. The van der Waals surface area contributed by atoms with Crippen LogP contribution in [0, 0.1) is 13.8 Å². The number of carbonyl (C=O) groups excluding carboxylic acids is 1. The van der Waals surface area contributed by atoms with Crippen molar-refractivity contribution >= 4 is 11.6 Å². The first-order chi connectivity index (χ1) is 7.63. The van der Waals surface area contributed by atoms with Crippen LogP contribution in [0.5, 0.6) is 0 Å². The molecule has 1 heterocycles. The van der Waals surface area contributed by atoms with Gasteiger partial charge in [0.15, 0.2) is 0 Å². The van der Waals surface area contributed by atoms with Crippen molar-refractivity contribution in [3.63, 3.8) is 0 Å². The summed E-state index contributed by atoms with van der Waals surface area (Å²) in [7, 11) is 0. The lowest BCUT2D eigenvalue weighted by Gasteiger charge is -2.08. The summed E-state index contributed by atoms with van der Waals surface area (Å²) in [6.45, 7) is 7.45. The van der Waals surface area contributed by atoms with E-state index in [1.807, 2.05) is 32.9 Å². The fourth-order valence-electron chi connectivity index (χ4n) is 1.41. The Kier molecular flexibility index (Phi) is 4.92. The summed E-state index contributed by atoms with van der Waals surface area (Å²) in [4.78, 5) is 15.8. The number of amides is 1. The Labute approximate surface area is 96.5 Å². The number of aryl methyl sites for hydroxylation is 2. The van der Waals surface area contributed by atoms with Gasteiger partial charge in [-0.15, -0.1) is 0 Å². The van der Waals surface area contributed by atoms with E-state index in [1.54, 1.807) is 0 Å². The molecule has 0 fully saturated rings. The Hall–Kier alpha value is -1.42. The minimum Gasteiger partial charge on any atom is -0.324 e. The van der Waals surface area contributed by atoms with Crippen molar-refractivity contribution in [3.8, 4) is 0 Å². The third-order valence-corrected chi connectivity index (χ3v) is 2.28.